The molecule has 0 saturated heterocycles. The molecule has 6 heteroatoms. The molecule has 0 radical (unpaired) electrons. The fourth-order valence-corrected chi connectivity index (χ4v) is 1.90. The van der Waals surface area contributed by atoms with E-state index in [4.69, 9.17) is 25.9 Å². The van der Waals surface area contributed by atoms with Crippen molar-refractivity contribution >= 4 is 17.6 Å². The van der Waals surface area contributed by atoms with E-state index in [-0.39, 0.29) is 11.5 Å². The standard InChI is InChI=1S/C13H11ClO5/c1-18-9-3-2-7(6-8(9)14)12(15)10-4-5-11(19-10)13(16)17/h2-6,12,15H,1H3,(H,16,17). The van der Waals surface area contributed by atoms with E-state index >= 15 is 0 Å². The van der Waals surface area contributed by atoms with Crippen LogP contribution in [-0.4, -0.2) is 23.3 Å². The molecule has 1 unspecified atom stereocenters. The number of benzene rings is 1. The molecule has 2 rings (SSSR count). The van der Waals surface area contributed by atoms with Crippen molar-refractivity contribution in [2.24, 2.45) is 0 Å². The third kappa shape index (κ3) is 2.72. The Hall–Kier alpha value is -1.98. The molecule has 1 aromatic carbocycles. The quantitative estimate of drug-likeness (QED) is 0.901. The maximum absolute atomic E-state index is 10.7. The zero-order valence-electron chi connectivity index (χ0n) is 9.96. The lowest BCUT2D eigenvalue weighted by Gasteiger charge is -2.10. The van der Waals surface area contributed by atoms with Gasteiger partial charge in [0.05, 0.1) is 12.1 Å². The van der Waals surface area contributed by atoms with E-state index in [0.29, 0.717) is 16.3 Å². The molecule has 0 aliphatic heterocycles. The number of aliphatic hydroxyl groups is 1. The minimum Gasteiger partial charge on any atom is -0.495 e. The van der Waals surface area contributed by atoms with E-state index in [9.17, 15) is 9.90 Å². The lowest BCUT2D eigenvalue weighted by atomic mass is 10.1. The van der Waals surface area contributed by atoms with Crippen molar-refractivity contribution in [3.8, 4) is 5.75 Å². The Balaban J connectivity index is 2.30. The third-order valence-corrected chi connectivity index (χ3v) is 2.89. The molecule has 0 aliphatic carbocycles. The summed E-state index contributed by atoms with van der Waals surface area (Å²) in [6, 6.07) is 7.46. The van der Waals surface area contributed by atoms with Crippen LogP contribution >= 0.6 is 11.6 Å². The minimum absolute atomic E-state index is 0.138. The van der Waals surface area contributed by atoms with Gasteiger partial charge in [0, 0.05) is 0 Å². The average molecular weight is 283 g/mol. The number of hydrogen-bond acceptors (Lipinski definition) is 4. The topological polar surface area (TPSA) is 79.9 Å². The molecule has 0 spiro atoms. The lowest BCUT2D eigenvalue weighted by Crippen LogP contribution is -1.99. The van der Waals surface area contributed by atoms with Crippen molar-refractivity contribution in [1.29, 1.82) is 0 Å². The molecule has 0 saturated carbocycles. The van der Waals surface area contributed by atoms with Crippen LogP contribution in [0.5, 0.6) is 5.75 Å². The molecule has 5 nitrogen and oxygen atoms in total. The predicted octanol–water partition coefficient (Wildman–Crippen LogP) is 2.72. The van der Waals surface area contributed by atoms with Crippen LogP contribution in [0.4, 0.5) is 0 Å². The van der Waals surface area contributed by atoms with Crippen molar-refractivity contribution in [1.82, 2.24) is 0 Å². The monoisotopic (exact) mass is 282 g/mol. The van der Waals surface area contributed by atoms with E-state index in [2.05, 4.69) is 0 Å². The highest BCUT2D eigenvalue weighted by Gasteiger charge is 2.18. The van der Waals surface area contributed by atoms with Crippen LogP contribution in [0, 0.1) is 0 Å². The summed E-state index contributed by atoms with van der Waals surface area (Å²) in [5.41, 5.74) is 0.483. The molecule has 100 valence electrons. The summed E-state index contributed by atoms with van der Waals surface area (Å²) in [6.07, 6.45) is -1.09. The van der Waals surface area contributed by atoms with E-state index in [1.54, 1.807) is 12.1 Å². The maximum atomic E-state index is 10.7. The molecule has 0 bridgehead atoms. The first-order valence-corrected chi connectivity index (χ1v) is 5.75. The summed E-state index contributed by atoms with van der Waals surface area (Å²) < 4.78 is 10.0. The number of ether oxygens (including phenoxy) is 1. The van der Waals surface area contributed by atoms with E-state index in [1.165, 1.54) is 25.3 Å². The Morgan fingerprint density at radius 1 is 1.37 bits per heavy atom. The first-order valence-electron chi connectivity index (χ1n) is 5.37. The number of carboxylic acid groups (broad SMARTS) is 1. The van der Waals surface area contributed by atoms with Crippen LogP contribution in [0.3, 0.4) is 0 Å². The van der Waals surface area contributed by atoms with Gasteiger partial charge in [0.15, 0.2) is 0 Å². The summed E-state index contributed by atoms with van der Waals surface area (Å²) in [7, 11) is 1.49. The number of rotatable bonds is 4. The second-order valence-electron chi connectivity index (χ2n) is 3.80. The zero-order valence-corrected chi connectivity index (χ0v) is 10.7. The van der Waals surface area contributed by atoms with Gasteiger partial charge in [-0.3, -0.25) is 0 Å². The molecule has 19 heavy (non-hydrogen) atoms. The Kier molecular flexibility index (Phi) is 3.78. The molecule has 2 aromatic rings. The molecule has 1 atom stereocenters. The molecular weight excluding hydrogens is 272 g/mol. The van der Waals surface area contributed by atoms with Crippen LogP contribution in [0.15, 0.2) is 34.7 Å². The third-order valence-electron chi connectivity index (χ3n) is 2.60. The second-order valence-corrected chi connectivity index (χ2v) is 4.21. The summed E-state index contributed by atoms with van der Waals surface area (Å²) in [6.45, 7) is 0. The first kappa shape index (κ1) is 13.5. The molecule has 0 amide bonds. The van der Waals surface area contributed by atoms with Gasteiger partial charge < -0.3 is 19.4 Å². The van der Waals surface area contributed by atoms with Crippen LogP contribution in [-0.2, 0) is 0 Å². The highest BCUT2D eigenvalue weighted by Crippen LogP contribution is 2.30. The van der Waals surface area contributed by atoms with Crippen LogP contribution in [0.2, 0.25) is 5.02 Å². The van der Waals surface area contributed by atoms with Gasteiger partial charge in [-0.05, 0) is 29.8 Å². The van der Waals surface area contributed by atoms with Gasteiger partial charge in [0.25, 0.3) is 0 Å². The van der Waals surface area contributed by atoms with Gasteiger partial charge in [-0.1, -0.05) is 17.7 Å². The summed E-state index contributed by atoms with van der Waals surface area (Å²) in [5, 5.41) is 19.2. The summed E-state index contributed by atoms with van der Waals surface area (Å²) in [4.78, 5) is 10.7. The SMILES string of the molecule is COc1ccc(C(O)c2ccc(C(=O)O)o2)cc1Cl. The van der Waals surface area contributed by atoms with E-state index in [0.717, 1.165) is 0 Å². The second kappa shape index (κ2) is 5.34. The van der Waals surface area contributed by atoms with Crippen LogP contribution < -0.4 is 4.74 Å². The molecule has 0 aliphatic rings. The number of furan rings is 1. The fourth-order valence-electron chi connectivity index (χ4n) is 1.63. The molecule has 2 N–H and O–H groups in total. The molecule has 0 fully saturated rings. The number of aliphatic hydroxyl groups excluding tert-OH is 1. The van der Waals surface area contributed by atoms with Crippen molar-refractivity contribution in [3.63, 3.8) is 0 Å². The maximum Gasteiger partial charge on any atom is 0.371 e. The Morgan fingerprint density at radius 2 is 2.11 bits per heavy atom. The van der Waals surface area contributed by atoms with Gasteiger partial charge >= 0.3 is 5.97 Å². The largest absolute Gasteiger partial charge is 0.495 e. The lowest BCUT2D eigenvalue weighted by molar-refractivity contribution is 0.0655. The van der Waals surface area contributed by atoms with Crippen molar-refractivity contribution < 1.29 is 24.2 Å². The Bertz CT molecular complexity index is 605. The van der Waals surface area contributed by atoms with Gasteiger partial charge in [-0.2, -0.15) is 0 Å². The summed E-state index contributed by atoms with van der Waals surface area (Å²) >= 11 is 5.96. The number of carboxylic acids is 1. The van der Waals surface area contributed by atoms with E-state index < -0.39 is 12.1 Å². The van der Waals surface area contributed by atoms with Crippen LogP contribution in [0.1, 0.15) is 28.0 Å². The Labute approximate surface area is 114 Å². The highest BCUT2D eigenvalue weighted by molar-refractivity contribution is 6.32. The normalized spacial score (nSPS) is 12.2. The zero-order chi connectivity index (χ0) is 14.0. The number of methoxy groups -OCH3 is 1. The smallest absolute Gasteiger partial charge is 0.371 e. The molecular formula is C13H11ClO5. The number of hydrogen-bond donors (Lipinski definition) is 2. The van der Waals surface area contributed by atoms with Crippen molar-refractivity contribution in [2.75, 3.05) is 7.11 Å². The first-order chi connectivity index (χ1) is 9.02. The predicted molar refractivity (Wildman–Crippen MR) is 67.7 cm³/mol. The number of halogens is 1. The van der Waals surface area contributed by atoms with Gasteiger partial charge in [-0.25, -0.2) is 4.79 Å². The molecule has 1 aromatic heterocycles. The van der Waals surface area contributed by atoms with Gasteiger partial charge in [0.1, 0.15) is 17.6 Å². The summed E-state index contributed by atoms with van der Waals surface area (Å²) in [5.74, 6) is -0.790. The fraction of sp³-hybridized carbons (Fsp3) is 0.154. The van der Waals surface area contributed by atoms with Crippen LogP contribution in [0.25, 0.3) is 0 Å². The van der Waals surface area contributed by atoms with Crippen molar-refractivity contribution in [3.05, 3.63) is 52.4 Å². The molecule has 1 heterocycles. The van der Waals surface area contributed by atoms with Crippen molar-refractivity contribution in [2.45, 2.75) is 6.10 Å². The number of aromatic carboxylic acids is 1. The Morgan fingerprint density at radius 3 is 2.63 bits per heavy atom. The van der Waals surface area contributed by atoms with Gasteiger partial charge in [-0.15, -0.1) is 0 Å². The minimum atomic E-state index is -1.19. The van der Waals surface area contributed by atoms with Gasteiger partial charge in [0.2, 0.25) is 5.76 Å². The number of carbonyl (C=O) groups is 1. The average Bonchev–Trinajstić information content (AvgIpc) is 2.87. The van der Waals surface area contributed by atoms with E-state index in [1.807, 2.05) is 0 Å². The highest BCUT2D eigenvalue weighted by atomic mass is 35.5.